The number of ether oxygens (including phenoxy) is 2. The lowest BCUT2D eigenvalue weighted by Crippen LogP contribution is -2.34. The van der Waals surface area contributed by atoms with Gasteiger partial charge in [0, 0.05) is 0 Å². The van der Waals surface area contributed by atoms with Crippen LogP contribution in [0.2, 0.25) is 0 Å². The fraction of sp³-hybridized carbons (Fsp3) is 0.778. The van der Waals surface area contributed by atoms with Gasteiger partial charge >= 0.3 is 11.9 Å². The highest BCUT2D eigenvalue weighted by Gasteiger charge is 2.36. The predicted molar refractivity (Wildman–Crippen MR) is 86.3 cm³/mol. The predicted octanol–water partition coefficient (Wildman–Crippen LogP) is 3.89. The minimum Gasteiger partial charge on any atom is -0.465 e. The topological polar surface area (TPSA) is 52.6 Å². The molecule has 1 aliphatic carbocycles. The van der Waals surface area contributed by atoms with Crippen molar-refractivity contribution in [2.24, 2.45) is 17.8 Å². The lowest BCUT2D eigenvalue weighted by atomic mass is 9.83. The zero-order valence-corrected chi connectivity index (χ0v) is 14.2. The Bertz CT molecular complexity index is 373. The molecule has 126 valence electrons. The van der Waals surface area contributed by atoms with E-state index in [1.165, 1.54) is 0 Å². The van der Waals surface area contributed by atoms with Gasteiger partial charge in [-0.1, -0.05) is 45.8 Å². The number of allylic oxidation sites excluding steroid dienone is 2. The third-order valence-corrected chi connectivity index (χ3v) is 3.97. The highest BCUT2D eigenvalue weighted by atomic mass is 16.5. The zero-order valence-electron chi connectivity index (χ0n) is 14.2. The summed E-state index contributed by atoms with van der Waals surface area (Å²) >= 11 is 0. The van der Waals surface area contributed by atoms with Crippen LogP contribution in [0, 0.1) is 17.8 Å². The number of esters is 2. The Labute approximate surface area is 134 Å². The third kappa shape index (κ3) is 6.63. The number of rotatable bonds is 9. The largest absolute Gasteiger partial charge is 0.465 e. The highest BCUT2D eigenvalue weighted by molar-refractivity contribution is 5.82. The molecule has 0 saturated heterocycles. The van der Waals surface area contributed by atoms with E-state index in [4.69, 9.17) is 9.47 Å². The van der Waals surface area contributed by atoms with E-state index in [1.807, 2.05) is 12.2 Å². The molecule has 4 heteroatoms. The van der Waals surface area contributed by atoms with Gasteiger partial charge in [0.05, 0.1) is 25.0 Å². The fourth-order valence-corrected chi connectivity index (χ4v) is 2.47. The molecule has 2 atom stereocenters. The summed E-state index contributed by atoms with van der Waals surface area (Å²) in [7, 11) is 0. The maximum Gasteiger partial charge on any atom is 0.310 e. The van der Waals surface area contributed by atoms with Crippen molar-refractivity contribution in [3.63, 3.8) is 0 Å². The second-order valence-corrected chi connectivity index (χ2v) is 6.38. The van der Waals surface area contributed by atoms with Gasteiger partial charge in [-0.2, -0.15) is 0 Å². The zero-order chi connectivity index (χ0) is 16.4. The van der Waals surface area contributed by atoms with Gasteiger partial charge in [-0.05, 0) is 31.6 Å². The van der Waals surface area contributed by atoms with Crippen LogP contribution in [0.5, 0.6) is 0 Å². The second kappa shape index (κ2) is 10.4. The first kappa shape index (κ1) is 18.7. The van der Waals surface area contributed by atoms with E-state index in [0.29, 0.717) is 32.0 Å². The maximum atomic E-state index is 12.2. The summed E-state index contributed by atoms with van der Waals surface area (Å²) in [6.07, 6.45) is 8.92. The summed E-state index contributed by atoms with van der Waals surface area (Å²) < 4.78 is 10.7. The summed E-state index contributed by atoms with van der Waals surface area (Å²) in [5.74, 6) is -0.806. The summed E-state index contributed by atoms with van der Waals surface area (Å²) in [6.45, 7) is 7.16. The van der Waals surface area contributed by atoms with E-state index in [1.54, 1.807) is 0 Å². The van der Waals surface area contributed by atoms with Crippen LogP contribution in [0.1, 0.15) is 59.3 Å². The van der Waals surface area contributed by atoms with Gasteiger partial charge in [-0.25, -0.2) is 0 Å². The molecule has 0 N–H and O–H groups in total. The molecule has 2 unspecified atom stereocenters. The van der Waals surface area contributed by atoms with Crippen molar-refractivity contribution in [2.45, 2.75) is 59.3 Å². The van der Waals surface area contributed by atoms with Crippen LogP contribution in [-0.2, 0) is 19.1 Å². The number of carbonyl (C=O) groups is 2. The lowest BCUT2D eigenvalue weighted by Gasteiger charge is -2.25. The molecule has 0 heterocycles. The Morgan fingerprint density at radius 2 is 1.55 bits per heavy atom. The van der Waals surface area contributed by atoms with E-state index in [9.17, 15) is 9.59 Å². The van der Waals surface area contributed by atoms with E-state index < -0.39 is 11.8 Å². The van der Waals surface area contributed by atoms with Crippen LogP contribution in [0.15, 0.2) is 12.2 Å². The SMILES string of the molecule is CCCCCOC(=O)C1CC=CCC1C(=O)OCCC(C)C. The Morgan fingerprint density at radius 3 is 2.05 bits per heavy atom. The molecule has 0 saturated carbocycles. The molecule has 0 amide bonds. The quantitative estimate of drug-likeness (QED) is 0.368. The molecular weight excluding hydrogens is 280 g/mol. The van der Waals surface area contributed by atoms with Crippen LogP contribution in [0.4, 0.5) is 0 Å². The second-order valence-electron chi connectivity index (χ2n) is 6.38. The summed E-state index contributed by atoms with van der Waals surface area (Å²) in [4.78, 5) is 24.4. The van der Waals surface area contributed by atoms with E-state index >= 15 is 0 Å². The van der Waals surface area contributed by atoms with Crippen LogP contribution >= 0.6 is 0 Å². The van der Waals surface area contributed by atoms with Gasteiger partial charge in [-0.3, -0.25) is 9.59 Å². The Hall–Kier alpha value is -1.32. The molecule has 0 spiro atoms. The van der Waals surface area contributed by atoms with Gasteiger partial charge in [0.1, 0.15) is 0 Å². The van der Waals surface area contributed by atoms with Crippen molar-refractivity contribution >= 4 is 11.9 Å². The van der Waals surface area contributed by atoms with Crippen molar-refractivity contribution in [1.82, 2.24) is 0 Å². The number of hydrogen-bond acceptors (Lipinski definition) is 4. The Kier molecular flexibility index (Phi) is 8.86. The highest BCUT2D eigenvalue weighted by Crippen LogP contribution is 2.28. The van der Waals surface area contributed by atoms with Crippen LogP contribution < -0.4 is 0 Å². The molecule has 0 radical (unpaired) electrons. The molecule has 1 rings (SSSR count). The van der Waals surface area contributed by atoms with Gasteiger partial charge in [0.2, 0.25) is 0 Å². The van der Waals surface area contributed by atoms with Gasteiger partial charge in [-0.15, -0.1) is 0 Å². The number of hydrogen-bond donors (Lipinski definition) is 0. The van der Waals surface area contributed by atoms with Gasteiger partial charge in [0.15, 0.2) is 0 Å². The van der Waals surface area contributed by atoms with Crippen molar-refractivity contribution in [2.75, 3.05) is 13.2 Å². The average Bonchev–Trinajstić information content (AvgIpc) is 2.51. The molecule has 0 aromatic rings. The molecule has 4 nitrogen and oxygen atoms in total. The molecule has 0 fully saturated rings. The monoisotopic (exact) mass is 310 g/mol. The lowest BCUT2D eigenvalue weighted by molar-refractivity contribution is -0.161. The summed E-state index contributed by atoms with van der Waals surface area (Å²) in [6, 6.07) is 0. The molecule has 0 aliphatic heterocycles. The molecule has 0 aromatic carbocycles. The van der Waals surface area contributed by atoms with E-state index in [2.05, 4.69) is 20.8 Å². The molecule has 0 bridgehead atoms. The van der Waals surface area contributed by atoms with Crippen LogP contribution in [0.3, 0.4) is 0 Å². The standard InChI is InChI=1S/C18H30O4/c1-4-5-8-12-21-17(19)15-9-6-7-10-16(15)18(20)22-13-11-14(2)3/h6-7,14-16H,4-5,8-13H2,1-3H3. The fourth-order valence-electron chi connectivity index (χ4n) is 2.47. The maximum absolute atomic E-state index is 12.2. The van der Waals surface area contributed by atoms with Crippen molar-refractivity contribution in [3.05, 3.63) is 12.2 Å². The van der Waals surface area contributed by atoms with Crippen molar-refractivity contribution < 1.29 is 19.1 Å². The van der Waals surface area contributed by atoms with Gasteiger partial charge in [0.25, 0.3) is 0 Å². The Morgan fingerprint density at radius 1 is 1.00 bits per heavy atom. The minimum atomic E-state index is -0.393. The average molecular weight is 310 g/mol. The molecule has 1 aliphatic rings. The van der Waals surface area contributed by atoms with Crippen molar-refractivity contribution in [3.8, 4) is 0 Å². The molecule has 22 heavy (non-hydrogen) atoms. The first-order valence-electron chi connectivity index (χ1n) is 8.54. The minimum absolute atomic E-state index is 0.258. The number of carbonyl (C=O) groups excluding carboxylic acids is 2. The normalized spacial score (nSPS) is 20.9. The van der Waals surface area contributed by atoms with E-state index in [-0.39, 0.29) is 11.9 Å². The first-order valence-corrected chi connectivity index (χ1v) is 8.54. The summed E-state index contributed by atoms with van der Waals surface area (Å²) in [5.41, 5.74) is 0. The van der Waals surface area contributed by atoms with E-state index in [0.717, 1.165) is 25.7 Å². The Balaban J connectivity index is 2.46. The first-order chi connectivity index (χ1) is 10.6. The molecule has 0 aromatic heterocycles. The van der Waals surface area contributed by atoms with Crippen molar-refractivity contribution in [1.29, 1.82) is 0 Å². The molecular formula is C18H30O4. The smallest absolute Gasteiger partial charge is 0.310 e. The third-order valence-electron chi connectivity index (χ3n) is 3.97. The van der Waals surface area contributed by atoms with Crippen LogP contribution in [0.25, 0.3) is 0 Å². The van der Waals surface area contributed by atoms with Gasteiger partial charge < -0.3 is 9.47 Å². The van der Waals surface area contributed by atoms with Crippen LogP contribution in [-0.4, -0.2) is 25.2 Å². The summed E-state index contributed by atoms with van der Waals surface area (Å²) in [5, 5.41) is 0. The number of unbranched alkanes of at least 4 members (excludes halogenated alkanes) is 2.